The van der Waals surface area contributed by atoms with Gasteiger partial charge in [-0.2, -0.15) is 5.48 Å². The maximum Gasteiger partial charge on any atom is 0.275 e. The van der Waals surface area contributed by atoms with E-state index in [0.717, 1.165) is 0 Å². The molecule has 7 nitrogen and oxygen atoms in total. The quantitative estimate of drug-likeness (QED) is 0.447. The number of hydroxylamine groups is 1. The fraction of sp³-hybridized carbons (Fsp3) is 0.346. The highest BCUT2D eigenvalue weighted by Gasteiger charge is 2.40. The maximum atomic E-state index is 14.1. The van der Waals surface area contributed by atoms with E-state index in [2.05, 4.69) is 10.6 Å². The fourth-order valence-electron chi connectivity index (χ4n) is 4.37. The Morgan fingerprint density at radius 2 is 2.00 bits per heavy atom. The molecule has 0 saturated carbocycles. The lowest BCUT2D eigenvalue weighted by Crippen LogP contribution is -2.48. The lowest BCUT2D eigenvalue weighted by Gasteiger charge is -2.28. The van der Waals surface area contributed by atoms with Gasteiger partial charge >= 0.3 is 0 Å². The van der Waals surface area contributed by atoms with Crippen LogP contribution in [0.25, 0.3) is 11.1 Å². The van der Waals surface area contributed by atoms with Crippen LogP contribution in [0.1, 0.15) is 44.1 Å². The first kappa shape index (κ1) is 24.7. The van der Waals surface area contributed by atoms with Gasteiger partial charge in [-0.1, -0.05) is 54.9 Å². The SMILES string of the molecule is Cc1cc(C(C(=O)N2CCCC2C(=O)NOc2ccc(-c3ccccc3F)cc2Cl)C(C)C)on1. The molecule has 0 radical (unpaired) electrons. The van der Waals surface area contributed by atoms with Gasteiger partial charge in [0.15, 0.2) is 5.75 Å². The normalized spacial score (nSPS) is 16.4. The number of halogens is 2. The molecule has 2 aromatic carbocycles. The van der Waals surface area contributed by atoms with Gasteiger partial charge in [-0.05, 0) is 49.4 Å². The molecule has 35 heavy (non-hydrogen) atoms. The Balaban J connectivity index is 1.44. The second kappa shape index (κ2) is 10.5. The van der Waals surface area contributed by atoms with Crippen LogP contribution in [0, 0.1) is 18.7 Å². The summed E-state index contributed by atoms with van der Waals surface area (Å²) in [4.78, 5) is 33.4. The molecule has 2 unspecified atom stereocenters. The summed E-state index contributed by atoms with van der Waals surface area (Å²) < 4.78 is 19.5. The van der Waals surface area contributed by atoms with Gasteiger partial charge in [0.05, 0.1) is 10.7 Å². The van der Waals surface area contributed by atoms with E-state index in [1.54, 1.807) is 54.3 Å². The fourth-order valence-corrected chi connectivity index (χ4v) is 4.59. The number of carbonyl (C=O) groups is 2. The number of likely N-dealkylation sites (tertiary alicyclic amines) is 1. The Morgan fingerprint density at radius 1 is 1.23 bits per heavy atom. The number of hydrogen-bond donors (Lipinski definition) is 1. The van der Waals surface area contributed by atoms with Crippen LogP contribution in [0.5, 0.6) is 5.75 Å². The van der Waals surface area contributed by atoms with Crippen molar-refractivity contribution < 1.29 is 23.3 Å². The zero-order chi connectivity index (χ0) is 25.1. The van der Waals surface area contributed by atoms with Crippen LogP contribution in [0.3, 0.4) is 0 Å². The summed E-state index contributed by atoms with van der Waals surface area (Å²) in [7, 11) is 0. The molecule has 1 saturated heterocycles. The number of carbonyl (C=O) groups excluding carboxylic acids is 2. The van der Waals surface area contributed by atoms with Crippen LogP contribution in [0.15, 0.2) is 53.1 Å². The summed E-state index contributed by atoms with van der Waals surface area (Å²) >= 11 is 6.32. The standard InChI is InChI=1S/C26H27ClFN3O4/c1-15(2)24(23-13-16(3)29-35-23)26(33)31-12-6-9-21(31)25(32)30-34-22-11-10-17(14-19(22)27)18-7-4-5-8-20(18)28/h4-5,7-8,10-11,13-15,21,24H,6,9,12H2,1-3H3,(H,30,32). The number of aryl methyl sites for hydroxylation is 1. The molecule has 0 spiro atoms. The molecule has 2 heterocycles. The first-order chi connectivity index (χ1) is 16.8. The number of amides is 2. The molecule has 1 aliphatic heterocycles. The molecular weight excluding hydrogens is 473 g/mol. The lowest BCUT2D eigenvalue weighted by molar-refractivity contribution is -0.143. The number of hydrogen-bond acceptors (Lipinski definition) is 5. The van der Waals surface area contributed by atoms with Crippen molar-refractivity contribution in [2.45, 2.75) is 45.6 Å². The molecule has 1 aliphatic rings. The number of aromatic nitrogens is 1. The topological polar surface area (TPSA) is 84.7 Å². The summed E-state index contributed by atoms with van der Waals surface area (Å²) in [6, 6.07) is 12.2. The second-order valence-electron chi connectivity index (χ2n) is 8.98. The lowest BCUT2D eigenvalue weighted by atomic mass is 9.91. The predicted octanol–water partition coefficient (Wildman–Crippen LogP) is 5.28. The van der Waals surface area contributed by atoms with Gasteiger partial charge in [0.1, 0.15) is 23.5 Å². The van der Waals surface area contributed by atoms with Crippen LogP contribution in [-0.4, -0.2) is 34.5 Å². The third-order valence-electron chi connectivity index (χ3n) is 6.10. The minimum atomic E-state index is -0.677. The van der Waals surface area contributed by atoms with Gasteiger partial charge in [-0.3, -0.25) is 9.59 Å². The zero-order valence-electron chi connectivity index (χ0n) is 19.8. The second-order valence-corrected chi connectivity index (χ2v) is 9.38. The Kier molecular flexibility index (Phi) is 7.40. The molecule has 1 N–H and O–H groups in total. The summed E-state index contributed by atoms with van der Waals surface area (Å²) in [6.07, 6.45) is 1.21. The van der Waals surface area contributed by atoms with Gasteiger partial charge < -0.3 is 14.3 Å². The first-order valence-corrected chi connectivity index (χ1v) is 11.9. The highest BCUT2D eigenvalue weighted by atomic mass is 35.5. The van der Waals surface area contributed by atoms with Crippen LogP contribution >= 0.6 is 11.6 Å². The number of nitrogens with one attached hydrogen (secondary N) is 1. The molecule has 184 valence electrons. The summed E-state index contributed by atoms with van der Waals surface area (Å²) in [5.41, 5.74) is 4.11. The van der Waals surface area contributed by atoms with Gasteiger partial charge in [-0.25, -0.2) is 4.39 Å². The van der Waals surface area contributed by atoms with Crippen molar-refractivity contribution in [2.75, 3.05) is 6.54 Å². The first-order valence-electron chi connectivity index (χ1n) is 11.5. The highest BCUT2D eigenvalue weighted by molar-refractivity contribution is 6.32. The molecule has 0 aliphatic carbocycles. The molecule has 1 aromatic heterocycles. The van der Waals surface area contributed by atoms with Crippen molar-refractivity contribution >= 4 is 23.4 Å². The van der Waals surface area contributed by atoms with Gasteiger partial charge in [-0.15, -0.1) is 0 Å². The van der Waals surface area contributed by atoms with E-state index in [0.29, 0.717) is 42.0 Å². The van der Waals surface area contributed by atoms with Crippen molar-refractivity contribution in [1.82, 2.24) is 15.5 Å². The molecule has 1 fully saturated rings. The molecule has 9 heteroatoms. The number of rotatable bonds is 7. The minimum Gasteiger partial charge on any atom is -0.378 e. The van der Waals surface area contributed by atoms with Crippen LogP contribution in [0.2, 0.25) is 5.02 Å². The smallest absolute Gasteiger partial charge is 0.275 e. The zero-order valence-corrected chi connectivity index (χ0v) is 20.5. The average molecular weight is 500 g/mol. The molecule has 2 atom stereocenters. The van der Waals surface area contributed by atoms with Crippen molar-refractivity contribution in [3.8, 4) is 16.9 Å². The molecule has 0 bridgehead atoms. The maximum absolute atomic E-state index is 14.1. The van der Waals surface area contributed by atoms with E-state index in [1.807, 2.05) is 13.8 Å². The average Bonchev–Trinajstić information content (AvgIpc) is 3.47. The molecule has 4 rings (SSSR count). The van der Waals surface area contributed by atoms with E-state index >= 15 is 0 Å². The molecular formula is C26H27ClFN3O4. The highest BCUT2D eigenvalue weighted by Crippen LogP contribution is 2.33. The summed E-state index contributed by atoms with van der Waals surface area (Å²) in [5.74, 6) is -0.855. The van der Waals surface area contributed by atoms with E-state index in [-0.39, 0.29) is 28.4 Å². The molecule has 2 amide bonds. The number of nitrogens with zero attached hydrogens (tertiary/aromatic N) is 2. The van der Waals surface area contributed by atoms with E-state index in [9.17, 15) is 14.0 Å². The van der Waals surface area contributed by atoms with Crippen molar-refractivity contribution in [3.05, 3.63) is 70.8 Å². The van der Waals surface area contributed by atoms with Crippen LogP contribution < -0.4 is 10.3 Å². The van der Waals surface area contributed by atoms with Gasteiger partial charge in [0.25, 0.3) is 5.91 Å². The predicted molar refractivity (Wildman–Crippen MR) is 129 cm³/mol. The Morgan fingerprint density at radius 3 is 2.66 bits per heavy atom. The number of benzene rings is 2. The summed E-state index contributed by atoms with van der Waals surface area (Å²) in [6.45, 7) is 6.13. The van der Waals surface area contributed by atoms with Gasteiger partial charge in [0.2, 0.25) is 5.91 Å². The summed E-state index contributed by atoms with van der Waals surface area (Å²) in [5, 5.41) is 4.12. The Bertz CT molecular complexity index is 1230. The van der Waals surface area contributed by atoms with Crippen LogP contribution in [-0.2, 0) is 9.59 Å². The third-order valence-corrected chi connectivity index (χ3v) is 6.40. The monoisotopic (exact) mass is 499 g/mol. The third kappa shape index (κ3) is 5.32. The Labute approximate surface area is 208 Å². The van der Waals surface area contributed by atoms with E-state index in [1.165, 1.54) is 6.07 Å². The van der Waals surface area contributed by atoms with E-state index < -0.39 is 17.9 Å². The van der Waals surface area contributed by atoms with E-state index in [4.69, 9.17) is 21.0 Å². The van der Waals surface area contributed by atoms with Crippen molar-refractivity contribution in [1.29, 1.82) is 0 Å². The van der Waals surface area contributed by atoms with Gasteiger partial charge in [0, 0.05) is 18.2 Å². The molecule has 3 aromatic rings. The Hall–Kier alpha value is -3.39. The van der Waals surface area contributed by atoms with Crippen molar-refractivity contribution in [2.24, 2.45) is 5.92 Å². The largest absolute Gasteiger partial charge is 0.378 e. The van der Waals surface area contributed by atoms with Crippen molar-refractivity contribution in [3.63, 3.8) is 0 Å². The van der Waals surface area contributed by atoms with Crippen LogP contribution in [0.4, 0.5) is 4.39 Å². The minimum absolute atomic E-state index is 0.0396.